The summed E-state index contributed by atoms with van der Waals surface area (Å²) in [4.78, 5) is 4.10. The van der Waals surface area contributed by atoms with Gasteiger partial charge in [0.15, 0.2) is 0 Å². The van der Waals surface area contributed by atoms with Gasteiger partial charge in [-0.2, -0.15) is 5.10 Å². The lowest BCUT2D eigenvalue weighted by Gasteiger charge is -2.03. The average molecular weight is 292 g/mol. The van der Waals surface area contributed by atoms with Crippen LogP contribution in [0.15, 0.2) is 59.8 Å². The molecule has 22 heavy (non-hydrogen) atoms. The molecule has 3 N–H and O–H groups in total. The van der Waals surface area contributed by atoms with Crippen molar-refractivity contribution in [3.05, 3.63) is 66.0 Å². The van der Waals surface area contributed by atoms with Gasteiger partial charge < -0.3 is 10.8 Å². The number of aryl methyl sites for hydroxylation is 1. The third-order valence-corrected chi connectivity index (χ3v) is 3.25. The summed E-state index contributed by atoms with van der Waals surface area (Å²) >= 11 is 0. The normalized spacial score (nSPS) is 11.1. The number of nitrogen functional groups attached to an aromatic ring is 1. The predicted octanol–water partition coefficient (Wildman–Crippen LogP) is 3.03. The largest absolute Gasteiger partial charge is 0.508 e. The Bertz CT molecular complexity index is 819. The predicted molar refractivity (Wildman–Crippen MR) is 87.9 cm³/mol. The number of hydrogen-bond donors (Lipinski definition) is 2. The maximum atomic E-state index is 9.35. The second-order valence-corrected chi connectivity index (χ2v) is 5.00. The number of aromatic hydroxyl groups is 1. The fourth-order valence-corrected chi connectivity index (χ4v) is 2.18. The van der Waals surface area contributed by atoms with Crippen LogP contribution in [0.2, 0.25) is 0 Å². The lowest BCUT2D eigenvalue weighted by molar-refractivity contribution is 0.475. The van der Waals surface area contributed by atoms with E-state index in [1.165, 1.54) is 0 Å². The summed E-state index contributed by atoms with van der Waals surface area (Å²) in [6.45, 7) is 1.87. The number of phenols is 1. The number of imidazole rings is 1. The summed E-state index contributed by atoms with van der Waals surface area (Å²) in [5, 5.41) is 13.7. The minimum Gasteiger partial charge on any atom is -0.508 e. The number of nitrogens with two attached hydrogens (primary N) is 1. The maximum absolute atomic E-state index is 9.35. The van der Waals surface area contributed by atoms with E-state index < -0.39 is 0 Å². The Morgan fingerprint density at radius 3 is 2.59 bits per heavy atom. The third-order valence-electron chi connectivity index (χ3n) is 3.25. The molecule has 0 spiro atoms. The zero-order valence-corrected chi connectivity index (χ0v) is 12.1. The molecular weight excluding hydrogens is 276 g/mol. The summed E-state index contributed by atoms with van der Waals surface area (Å²) in [5.41, 5.74) is 9.62. The summed E-state index contributed by atoms with van der Waals surface area (Å²) in [6, 6.07) is 15.1. The molecule has 0 saturated heterocycles. The zero-order chi connectivity index (χ0) is 15.5. The molecule has 0 amide bonds. The molecule has 0 atom stereocenters. The monoisotopic (exact) mass is 292 g/mol. The van der Waals surface area contributed by atoms with Gasteiger partial charge in [-0.3, -0.25) is 0 Å². The van der Waals surface area contributed by atoms with Gasteiger partial charge in [-0.1, -0.05) is 30.3 Å². The molecule has 0 aliphatic carbocycles. The van der Waals surface area contributed by atoms with Crippen LogP contribution in [0.1, 0.15) is 11.3 Å². The standard InChI is InChI=1S/C17H16N4O/c1-12-11-21(17(18)20-12)19-10-13-3-2-4-15(9-13)14-5-7-16(22)8-6-14/h2-11,22H,1H3,(H2,18,20). The van der Waals surface area contributed by atoms with Crippen molar-refractivity contribution in [2.45, 2.75) is 6.92 Å². The molecule has 2 aromatic carbocycles. The smallest absolute Gasteiger partial charge is 0.221 e. The minimum atomic E-state index is 0.257. The van der Waals surface area contributed by atoms with Gasteiger partial charge in [0, 0.05) is 0 Å². The van der Waals surface area contributed by atoms with Crippen molar-refractivity contribution in [2.75, 3.05) is 5.73 Å². The Morgan fingerprint density at radius 1 is 1.14 bits per heavy atom. The van der Waals surface area contributed by atoms with E-state index >= 15 is 0 Å². The number of hydrogen-bond acceptors (Lipinski definition) is 4. The molecule has 110 valence electrons. The first-order valence-corrected chi connectivity index (χ1v) is 6.87. The van der Waals surface area contributed by atoms with E-state index in [9.17, 15) is 5.11 Å². The molecule has 3 rings (SSSR count). The van der Waals surface area contributed by atoms with Crippen molar-refractivity contribution in [3.8, 4) is 16.9 Å². The van der Waals surface area contributed by atoms with Crippen LogP contribution in [-0.4, -0.2) is 21.0 Å². The second-order valence-electron chi connectivity index (χ2n) is 5.00. The highest BCUT2D eigenvalue weighted by molar-refractivity contribution is 5.82. The Labute approximate surface area is 128 Å². The molecule has 0 aliphatic heterocycles. The van der Waals surface area contributed by atoms with Crippen LogP contribution >= 0.6 is 0 Å². The Balaban J connectivity index is 1.88. The SMILES string of the molecule is Cc1cn(N=Cc2cccc(-c3ccc(O)cc3)c2)c(N)n1. The molecular formula is C17H16N4O. The van der Waals surface area contributed by atoms with Crippen molar-refractivity contribution in [1.29, 1.82) is 0 Å². The van der Waals surface area contributed by atoms with Crippen LogP contribution in [0.5, 0.6) is 5.75 Å². The van der Waals surface area contributed by atoms with Crippen LogP contribution in [0.25, 0.3) is 11.1 Å². The molecule has 3 aromatic rings. The van der Waals surface area contributed by atoms with Crippen LogP contribution < -0.4 is 5.73 Å². The lowest BCUT2D eigenvalue weighted by atomic mass is 10.0. The topological polar surface area (TPSA) is 76.4 Å². The van der Waals surface area contributed by atoms with E-state index in [-0.39, 0.29) is 5.75 Å². The highest BCUT2D eigenvalue weighted by Crippen LogP contribution is 2.22. The van der Waals surface area contributed by atoms with Crippen molar-refractivity contribution in [1.82, 2.24) is 9.66 Å². The maximum Gasteiger partial charge on any atom is 0.221 e. The second kappa shape index (κ2) is 5.73. The fraction of sp³-hybridized carbons (Fsp3) is 0.0588. The van der Waals surface area contributed by atoms with Crippen molar-refractivity contribution < 1.29 is 5.11 Å². The van der Waals surface area contributed by atoms with E-state index in [1.807, 2.05) is 43.3 Å². The Morgan fingerprint density at radius 2 is 1.91 bits per heavy atom. The molecule has 0 fully saturated rings. The summed E-state index contributed by atoms with van der Waals surface area (Å²) in [5.74, 6) is 0.621. The number of aromatic nitrogens is 2. The van der Waals surface area contributed by atoms with Gasteiger partial charge in [0.1, 0.15) is 5.75 Å². The van der Waals surface area contributed by atoms with Crippen molar-refractivity contribution >= 4 is 12.2 Å². The van der Waals surface area contributed by atoms with E-state index in [4.69, 9.17) is 5.73 Å². The Kier molecular flexibility index (Phi) is 3.62. The van der Waals surface area contributed by atoms with E-state index in [0.29, 0.717) is 5.95 Å². The number of rotatable bonds is 3. The third kappa shape index (κ3) is 2.98. The highest BCUT2D eigenvalue weighted by Gasteiger charge is 2.00. The number of phenolic OH excluding ortho intramolecular Hbond substituents is 1. The lowest BCUT2D eigenvalue weighted by Crippen LogP contribution is -1.97. The molecule has 0 saturated carbocycles. The van der Waals surface area contributed by atoms with Crippen LogP contribution in [-0.2, 0) is 0 Å². The first-order chi connectivity index (χ1) is 10.6. The quantitative estimate of drug-likeness (QED) is 0.728. The summed E-state index contributed by atoms with van der Waals surface area (Å²) in [6.07, 6.45) is 3.51. The summed E-state index contributed by atoms with van der Waals surface area (Å²) in [7, 11) is 0. The van der Waals surface area contributed by atoms with Gasteiger partial charge in [-0.25, -0.2) is 9.66 Å². The fourth-order valence-electron chi connectivity index (χ4n) is 2.18. The first kappa shape index (κ1) is 13.9. The van der Waals surface area contributed by atoms with Gasteiger partial charge in [0.2, 0.25) is 5.95 Å². The molecule has 5 heteroatoms. The van der Waals surface area contributed by atoms with E-state index in [2.05, 4.69) is 10.1 Å². The average Bonchev–Trinajstić information content (AvgIpc) is 2.84. The number of anilines is 1. The molecule has 1 heterocycles. The highest BCUT2D eigenvalue weighted by atomic mass is 16.3. The van der Waals surface area contributed by atoms with Crippen LogP contribution in [0, 0.1) is 6.92 Å². The zero-order valence-electron chi connectivity index (χ0n) is 12.1. The molecule has 0 bridgehead atoms. The number of nitrogens with zero attached hydrogens (tertiary/aromatic N) is 3. The summed E-state index contributed by atoms with van der Waals surface area (Å²) < 4.78 is 1.54. The van der Waals surface area contributed by atoms with E-state index in [1.54, 1.807) is 29.2 Å². The molecule has 1 aromatic heterocycles. The first-order valence-electron chi connectivity index (χ1n) is 6.87. The Hall–Kier alpha value is -3.08. The van der Waals surface area contributed by atoms with E-state index in [0.717, 1.165) is 22.4 Å². The van der Waals surface area contributed by atoms with Gasteiger partial charge in [0.05, 0.1) is 18.1 Å². The van der Waals surface area contributed by atoms with Gasteiger partial charge in [-0.15, -0.1) is 0 Å². The van der Waals surface area contributed by atoms with Crippen molar-refractivity contribution in [3.63, 3.8) is 0 Å². The molecule has 0 unspecified atom stereocenters. The van der Waals surface area contributed by atoms with Crippen LogP contribution in [0.4, 0.5) is 5.95 Å². The molecule has 0 aliphatic rings. The van der Waals surface area contributed by atoms with Crippen molar-refractivity contribution in [2.24, 2.45) is 5.10 Å². The van der Waals surface area contributed by atoms with Crippen LogP contribution in [0.3, 0.4) is 0 Å². The molecule has 0 radical (unpaired) electrons. The van der Waals surface area contributed by atoms with Gasteiger partial charge in [-0.05, 0) is 41.8 Å². The van der Waals surface area contributed by atoms with Gasteiger partial charge >= 0.3 is 0 Å². The molecule has 5 nitrogen and oxygen atoms in total. The van der Waals surface area contributed by atoms with Gasteiger partial charge in [0.25, 0.3) is 0 Å². The minimum absolute atomic E-state index is 0.257. The number of benzene rings is 2.